The van der Waals surface area contributed by atoms with Crippen LogP contribution in [0, 0.1) is 11.7 Å². The van der Waals surface area contributed by atoms with Crippen molar-refractivity contribution in [2.24, 2.45) is 5.92 Å². The standard InChI is InChI=1S/C22H29FN2O5/c1-21(2,3)29-19(27)24-25(20(28)30-22(4,5)6)17-9-7-8-16(17)18(26)14-10-12-15(23)13-11-14/h7-8,10-13,16-17H,9H2,1-6H3,(H,24,27)/t16-,17-/m1/s1. The van der Waals surface area contributed by atoms with Crippen LogP contribution in [-0.2, 0) is 9.47 Å². The van der Waals surface area contributed by atoms with E-state index in [1.165, 1.54) is 24.3 Å². The number of hydrogen-bond donors (Lipinski definition) is 1. The second-order valence-electron chi connectivity index (χ2n) is 9.09. The van der Waals surface area contributed by atoms with E-state index < -0.39 is 41.2 Å². The molecule has 0 unspecified atom stereocenters. The fourth-order valence-electron chi connectivity index (χ4n) is 2.95. The molecule has 1 N–H and O–H groups in total. The lowest BCUT2D eigenvalue weighted by Gasteiger charge is -2.34. The summed E-state index contributed by atoms with van der Waals surface area (Å²) >= 11 is 0. The number of nitrogens with zero attached hydrogens (tertiary/aromatic N) is 1. The summed E-state index contributed by atoms with van der Waals surface area (Å²) in [6.07, 6.45) is 2.11. The zero-order valence-electron chi connectivity index (χ0n) is 18.2. The van der Waals surface area contributed by atoms with Crippen molar-refractivity contribution in [3.05, 3.63) is 47.8 Å². The van der Waals surface area contributed by atoms with Crippen molar-refractivity contribution in [1.82, 2.24) is 10.4 Å². The Morgan fingerprint density at radius 3 is 2.10 bits per heavy atom. The number of halogens is 1. The van der Waals surface area contributed by atoms with Crippen LogP contribution in [0.5, 0.6) is 0 Å². The fourth-order valence-corrected chi connectivity index (χ4v) is 2.95. The summed E-state index contributed by atoms with van der Waals surface area (Å²) < 4.78 is 23.9. The van der Waals surface area contributed by atoms with Gasteiger partial charge in [0, 0.05) is 5.56 Å². The first kappa shape index (κ1) is 23.4. The van der Waals surface area contributed by atoms with Gasteiger partial charge in [0.05, 0.1) is 12.0 Å². The van der Waals surface area contributed by atoms with E-state index in [9.17, 15) is 18.8 Å². The molecule has 0 radical (unpaired) electrons. The molecule has 30 heavy (non-hydrogen) atoms. The van der Waals surface area contributed by atoms with Gasteiger partial charge in [0.25, 0.3) is 0 Å². The van der Waals surface area contributed by atoms with Gasteiger partial charge in [-0.05, 0) is 72.2 Å². The first-order chi connectivity index (χ1) is 13.8. The molecule has 0 bridgehead atoms. The molecule has 164 valence electrons. The number of Topliss-reactive ketones (excluding diaryl/α,β-unsaturated/α-hetero) is 1. The number of hydrazine groups is 1. The molecule has 2 rings (SSSR count). The molecule has 1 aromatic rings. The number of benzene rings is 1. The third-order valence-electron chi connectivity index (χ3n) is 4.10. The maximum atomic E-state index is 13.2. The minimum absolute atomic E-state index is 0.298. The van der Waals surface area contributed by atoms with E-state index in [1.54, 1.807) is 53.7 Å². The lowest BCUT2D eigenvalue weighted by atomic mass is 9.93. The third kappa shape index (κ3) is 6.57. The second-order valence-corrected chi connectivity index (χ2v) is 9.09. The predicted molar refractivity (Wildman–Crippen MR) is 109 cm³/mol. The van der Waals surface area contributed by atoms with Gasteiger partial charge >= 0.3 is 12.2 Å². The van der Waals surface area contributed by atoms with Crippen molar-refractivity contribution in [3.63, 3.8) is 0 Å². The molecule has 0 aliphatic heterocycles. The van der Waals surface area contributed by atoms with E-state index in [-0.39, 0.29) is 5.78 Å². The third-order valence-corrected chi connectivity index (χ3v) is 4.10. The van der Waals surface area contributed by atoms with Gasteiger partial charge < -0.3 is 9.47 Å². The molecule has 8 heteroatoms. The van der Waals surface area contributed by atoms with E-state index in [1.807, 2.05) is 0 Å². The molecular formula is C22H29FN2O5. The van der Waals surface area contributed by atoms with E-state index in [0.29, 0.717) is 12.0 Å². The summed E-state index contributed by atoms with van der Waals surface area (Å²) in [6, 6.07) is 4.46. The number of ketones is 1. The normalized spacial score (nSPS) is 18.6. The number of amides is 2. The minimum Gasteiger partial charge on any atom is -0.443 e. The average Bonchev–Trinajstić information content (AvgIpc) is 3.05. The van der Waals surface area contributed by atoms with Crippen molar-refractivity contribution in [2.45, 2.75) is 65.2 Å². The molecule has 1 aromatic carbocycles. The number of rotatable bonds is 3. The minimum atomic E-state index is -0.840. The van der Waals surface area contributed by atoms with Crippen LogP contribution >= 0.6 is 0 Å². The van der Waals surface area contributed by atoms with Gasteiger partial charge in [0.1, 0.15) is 17.0 Å². The quantitative estimate of drug-likeness (QED) is 0.438. The van der Waals surface area contributed by atoms with Gasteiger partial charge in [-0.15, -0.1) is 0 Å². The van der Waals surface area contributed by atoms with Crippen molar-refractivity contribution in [1.29, 1.82) is 0 Å². The Morgan fingerprint density at radius 2 is 1.57 bits per heavy atom. The molecule has 1 aliphatic carbocycles. The van der Waals surface area contributed by atoms with Crippen LogP contribution in [0.25, 0.3) is 0 Å². The highest BCUT2D eigenvalue weighted by atomic mass is 19.1. The van der Waals surface area contributed by atoms with Crippen LogP contribution in [-0.4, -0.2) is 40.2 Å². The summed E-state index contributed by atoms with van der Waals surface area (Å²) in [5.41, 5.74) is 1.14. The monoisotopic (exact) mass is 420 g/mol. The molecule has 0 aromatic heterocycles. The molecule has 2 atom stereocenters. The SMILES string of the molecule is CC(C)(C)OC(=O)NN(C(=O)OC(C)(C)C)[C@@H]1CC=C[C@H]1C(=O)c1ccc(F)cc1. The van der Waals surface area contributed by atoms with E-state index in [2.05, 4.69) is 5.43 Å². The largest absolute Gasteiger partial charge is 0.443 e. The highest BCUT2D eigenvalue weighted by Gasteiger charge is 2.40. The first-order valence-corrected chi connectivity index (χ1v) is 9.75. The molecule has 2 amide bonds. The van der Waals surface area contributed by atoms with E-state index in [4.69, 9.17) is 9.47 Å². The van der Waals surface area contributed by atoms with Crippen molar-refractivity contribution < 1.29 is 28.2 Å². The number of nitrogens with one attached hydrogen (secondary N) is 1. The Balaban J connectivity index is 2.28. The van der Waals surface area contributed by atoms with Gasteiger partial charge in [-0.2, -0.15) is 0 Å². The van der Waals surface area contributed by atoms with Crippen LogP contribution in [0.2, 0.25) is 0 Å². The smallest absolute Gasteiger partial charge is 0.429 e. The topological polar surface area (TPSA) is 84.9 Å². The lowest BCUT2D eigenvalue weighted by molar-refractivity contribution is -0.0120. The highest BCUT2D eigenvalue weighted by Crippen LogP contribution is 2.28. The highest BCUT2D eigenvalue weighted by molar-refractivity contribution is 6.00. The van der Waals surface area contributed by atoms with E-state index >= 15 is 0 Å². The Kier molecular flexibility index (Phi) is 6.90. The second kappa shape index (κ2) is 8.85. The lowest BCUT2D eigenvalue weighted by Crippen LogP contribution is -2.56. The number of carbonyl (C=O) groups excluding carboxylic acids is 3. The van der Waals surface area contributed by atoms with Crippen molar-refractivity contribution >= 4 is 18.0 Å². The average molecular weight is 420 g/mol. The van der Waals surface area contributed by atoms with Gasteiger partial charge in [0.2, 0.25) is 0 Å². The van der Waals surface area contributed by atoms with Crippen LogP contribution in [0.1, 0.15) is 58.3 Å². The molecule has 0 heterocycles. The Labute approximate surface area is 176 Å². The van der Waals surface area contributed by atoms with E-state index in [0.717, 1.165) is 5.01 Å². The number of hydrogen-bond acceptors (Lipinski definition) is 5. The van der Waals surface area contributed by atoms with Crippen LogP contribution in [0.15, 0.2) is 36.4 Å². The Morgan fingerprint density at radius 1 is 1.00 bits per heavy atom. The van der Waals surface area contributed by atoms with Gasteiger partial charge in [0.15, 0.2) is 5.78 Å². The van der Waals surface area contributed by atoms with Gasteiger partial charge in [-0.3, -0.25) is 4.79 Å². The molecule has 0 fully saturated rings. The molecule has 0 saturated heterocycles. The van der Waals surface area contributed by atoms with Gasteiger partial charge in [-0.1, -0.05) is 12.2 Å². The summed E-state index contributed by atoms with van der Waals surface area (Å²) in [4.78, 5) is 38.2. The maximum Gasteiger partial charge on any atom is 0.429 e. The molecule has 1 aliphatic rings. The summed E-state index contributed by atoms with van der Waals surface area (Å²) in [5, 5.41) is 1.01. The van der Waals surface area contributed by atoms with Crippen LogP contribution < -0.4 is 5.43 Å². The number of ether oxygens (including phenoxy) is 2. The van der Waals surface area contributed by atoms with Crippen molar-refractivity contribution in [2.75, 3.05) is 0 Å². The van der Waals surface area contributed by atoms with Gasteiger partial charge in [-0.25, -0.2) is 24.4 Å². The molecule has 0 saturated carbocycles. The zero-order chi connectivity index (χ0) is 22.7. The Hall–Kier alpha value is -2.90. The van der Waals surface area contributed by atoms with Crippen LogP contribution in [0.4, 0.5) is 14.0 Å². The molecular weight excluding hydrogens is 391 g/mol. The predicted octanol–water partition coefficient (Wildman–Crippen LogP) is 4.63. The molecule has 0 spiro atoms. The van der Waals surface area contributed by atoms with Crippen LogP contribution in [0.3, 0.4) is 0 Å². The number of carbonyl (C=O) groups is 3. The molecule has 7 nitrogen and oxygen atoms in total. The fraction of sp³-hybridized carbons (Fsp3) is 0.500. The van der Waals surface area contributed by atoms with Crippen molar-refractivity contribution in [3.8, 4) is 0 Å². The maximum absolute atomic E-state index is 13.2. The first-order valence-electron chi connectivity index (χ1n) is 9.75. The summed E-state index contributed by atoms with van der Waals surface area (Å²) in [6.45, 7) is 10.2. The zero-order valence-corrected chi connectivity index (χ0v) is 18.2. The summed E-state index contributed by atoms with van der Waals surface area (Å²) in [7, 11) is 0. The summed E-state index contributed by atoms with van der Waals surface area (Å²) in [5.74, 6) is -1.49. The Bertz CT molecular complexity index is 821.